The number of carboxylic acid groups (broad SMARTS) is 1. The molecule has 7 nitrogen and oxygen atoms in total. The Balaban J connectivity index is 2.24. The maximum atomic E-state index is 14.4. The van der Waals surface area contributed by atoms with Gasteiger partial charge in [0.2, 0.25) is 0 Å². The summed E-state index contributed by atoms with van der Waals surface area (Å²) in [6, 6.07) is 12.6. The summed E-state index contributed by atoms with van der Waals surface area (Å²) in [5, 5.41) is 21.1. The van der Waals surface area contributed by atoms with Crippen LogP contribution in [0.1, 0.15) is 15.9 Å². The molecule has 8 heteroatoms. The largest absolute Gasteiger partial charge is 0.506 e. The van der Waals surface area contributed by atoms with Gasteiger partial charge in [0.15, 0.2) is 0 Å². The van der Waals surface area contributed by atoms with Crippen LogP contribution in [0.4, 0.5) is 4.39 Å². The van der Waals surface area contributed by atoms with Crippen LogP contribution in [0.5, 0.6) is 5.75 Å². The molecular weight excluding hydrogens is 355 g/mol. The molecule has 0 aliphatic heterocycles. The van der Waals surface area contributed by atoms with Gasteiger partial charge in [0, 0.05) is 5.39 Å². The molecule has 27 heavy (non-hydrogen) atoms. The van der Waals surface area contributed by atoms with Crippen LogP contribution in [0, 0.1) is 5.82 Å². The normalized spacial score (nSPS) is 10.7. The van der Waals surface area contributed by atoms with E-state index in [0.29, 0.717) is 5.56 Å². The van der Waals surface area contributed by atoms with Crippen LogP contribution in [0.15, 0.2) is 53.3 Å². The standard InChI is InChI=1S/C19H15FN2O5/c20-13-8-4-7-12-16(13)22(10-11-5-2-1-3-6-11)19(27)15(17(12)25)18(26)21-9-14(23)24/h1-8,25H,9-10H2,(H,21,26)(H,23,24). The number of fused-ring (bicyclic) bond motifs is 1. The lowest BCUT2D eigenvalue weighted by atomic mass is 10.1. The van der Waals surface area contributed by atoms with Crippen molar-refractivity contribution in [3.8, 4) is 5.75 Å². The van der Waals surface area contributed by atoms with Gasteiger partial charge in [0.1, 0.15) is 23.7 Å². The van der Waals surface area contributed by atoms with Crippen molar-refractivity contribution in [3.05, 3.63) is 75.8 Å². The molecule has 138 valence electrons. The first-order valence-corrected chi connectivity index (χ1v) is 7.98. The Morgan fingerprint density at radius 2 is 1.78 bits per heavy atom. The molecule has 3 rings (SSSR count). The second kappa shape index (κ2) is 7.28. The van der Waals surface area contributed by atoms with E-state index >= 15 is 0 Å². The van der Waals surface area contributed by atoms with Gasteiger partial charge in [-0.3, -0.25) is 14.4 Å². The molecule has 0 saturated heterocycles. The zero-order valence-electron chi connectivity index (χ0n) is 14.0. The third-order valence-corrected chi connectivity index (χ3v) is 4.02. The fraction of sp³-hybridized carbons (Fsp3) is 0.105. The lowest BCUT2D eigenvalue weighted by molar-refractivity contribution is -0.135. The number of aromatic nitrogens is 1. The Bertz CT molecular complexity index is 1090. The van der Waals surface area contributed by atoms with E-state index in [1.165, 1.54) is 12.1 Å². The number of benzene rings is 2. The number of aliphatic carboxylic acids is 1. The van der Waals surface area contributed by atoms with Crippen molar-refractivity contribution in [2.24, 2.45) is 0 Å². The maximum absolute atomic E-state index is 14.4. The van der Waals surface area contributed by atoms with Crippen LogP contribution in [0.2, 0.25) is 0 Å². The molecule has 0 aliphatic rings. The van der Waals surface area contributed by atoms with E-state index in [0.717, 1.165) is 10.6 Å². The maximum Gasteiger partial charge on any atom is 0.322 e. The van der Waals surface area contributed by atoms with E-state index in [4.69, 9.17) is 5.11 Å². The Morgan fingerprint density at radius 1 is 1.07 bits per heavy atom. The van der Waals surface area contributed by atoms with Gasteiger partial charge in [0.05, 0.1) is 12.1 Å². The van der Waals surface area contributed by atoms with Crippen LogP contribution in [0.3, 0.4) is 0 Å². The average Bonchev–Trinajstić information content (AvgIpc) is 2.64. The molecule has 0 radical (unpaired) electrons. The van der Waals surface area contributed by atoms with Gasteiger partial charge in [-0.05, 0) is 17.7 Å². The SMILES string of the molecule is O=C(O)CNC(=O)c1c(O)c2cccc(F)c2n(Cc2ccccc2)c1=O. The number of rotatable bonds is 5. The van der Waals surface area contributed by atoms with E-state index in [2.05, 4.69) is 0 Å². The van der Waals surface area contributed by atoms with E-state index in [1.807, 2.05) is 5.32 Å². The fourth-order valence-corrected chi connectivity index (χ4v) is 2.82. The number of nitrogens with one attached hydrogen (secondary N) is 1. The molecule has 0 fully saturated rings. The van der Waals surface area contributed by atoms with Gasteiger partial charge >= 0.3 is 5.97 Å². The lowest BCUT2D eigenvalue weighted by Crippen LogP contribution is -2.36. The molecule has 0 bridgehead atoms. The van der Waals surface area contributed by atoms with Gasteiger partial charge in [-0.2, -0.15) is 0 Å². The first-order valence-electron chi connectivity index (χ1n) is 7.98. The van der Waals surface area contributed by atoms with E-state index in [9.17, 15) is 23.9 Å². The third-order valence-electron chi connectivity index (χ3n) is 4.02. The van der Waals surface area contributed by atoms with Crippen molar-refractivity contribution in [2.45, 2.75) is 6.54 Å². The van der Waals surface area contributed by atoms with Crippen LogP contribution in [-0.4, -0.2) is 33.2 Å². The highest BCUT2D eigenvalue weighted by Gasteiger charge is 2.24. The van der Waals surface area contributed by atoms with Crippen LogP contribution in [-0.2, 0) is 11.3 Å². The van der Waals surface area contributed by atoms with Crippen molar-refractivity contribution in [1.82, 2.24) is 9.88 Å². The molecule has 2 aromatic carbocycles. The van der Waals surface area contributed by atoms with E-state index in [-0.39, 0.29) is 17.4 Å². The number of carbonyl (C=O) groups excluding carboxylic acids is 1. The predicted molar refractivity (Wildman–Crippen MR) is 95.3 cm³/mol. The number of carbonyl (C=O) groups is 2. The summed E-state index contributed by atoms with van der Waals surface area (Å²) in [4.78, 5) is 35.8. The van der Waals surface area contributed by atoms with Gasteiger partial charge in [-0.25, -0.2) is 4.39 Å². The molecule has 1 aromatic heterocycles. The fourth-order valence-electron chi connectivity index (χ4n) is 2.82. The molecule has 0 atom stereocenters. The van der Waals surface area contributed by atoms with E-state index < -0.39 is 41.1 Å². The van der Waals surface area contributed by atoms with Crippen molar-refractivity contribution in [3.63, 3.8) is 0 Å². The van der Waals surface area contributed by atoms with Crippen molar-refractivity contribution in [1.29, 1.82) is 0 Å². The number of halogens is 1. The minimum atomic E-state index is -1.31. The molecule has 3 aromatic rings. The Hall–Kier alpha value is -3.68. The summed E-state index contributed by atoms with van der Waals surface area (Å²) in [6.07, 6.45) is 0. The lowest BCUT2D eigenvalue weighted by Gasteiger charge is -2.15. The minimum Gasteiger partial charge on any atom is -0.506 e. The summed E-state index contributed by atoms with van der Waals surface area (Å²) in [7, 11) is 0. The topological polar surface area (TPSA) is 109 Å². The summed E-state index contributed by atoms with van der Waals surface area (Å²) in [6.45, 7) is -0.756. The summed E-state index contributed by atoms with van der Waals surface area (Å²) in [5.74, 6) is -3.78. The number of aromatic hydroxyl groups is 1. The van der Waals surface area contributed by atoms with Gasteiger partial charge in [-0.15, -0.1) is 0 Å². The zero-order chi connectivity index (χ0) is 19.6. The molecule has 0 saturated carbocycles. The second-order valence-corrected chi connectivity index (χ2v) is 5.81. The monoisotopic (exact) mass is 370 g/mol. The van der Waals surface area contributed by atoms with Crippen LogP contribution in [0.25, 0.3) is 10.9 Å². The zero-order valence-corrected chi connectivity index (χ0v) is 14.0. The van der Waals surface area contributed by atoms with Crippen LogP contribution >= 0.6 is 0 Å². The molecule has 0 unspecified atom stereocenters. The molecule has 1 heterocycles. The quantitative estimate of drug-likeness (QED) is 0.634. The average molecular weight is 370 g/mol. The van der Waals surface area contributed by atoms with Gasteiger partial charge in [-0.1, -0.05) is 36.4 Å². The number of hydrogen-bond acceptors (Lipinski definition) is 4. The number of pyridine rings is 1. The summed E-state index contributed by atoms with van der Waals surface area (Å²) < 4.78 is 15.5. The van der Waals surface area contributed by atoms with Gasteiger partial charge in [0.25, 0.3) is 11.5 Å². The van der Waals surface area contributed by atoms with Crippen molar-refractivity contribution in [2.75, 3.05) is 6.54 Å². The first-order chi connectivity index (χ1) is 12.9. The van der Waals surface area contributed by atoms with Crippen molar-refractivity contribution >= 4 is 22.8 Å². The smallest absolute Gasteiger partial charge is 0.322 e. The molecular formula is C19H15FN2O5. The number of nitrogens with zero attached hydrogens (tertiary/aromatic N) is 1. The van der Waals surface area contributed by atoms with Crippen LogP contribution < -0.4 is 10.9 Å². The number of carboxylic acids is 1. The highest BCUT2D eigenvalue weighted by Crippen LogP contribution is 2.28. The molecule has 1 amide bonds. The highest BCUT2D eigenvalue weighted by molar-refractivity contribution is 6.03. The minimum absolute atomic E-state index is 0.0222. The second-order valence-electron chi connectivity index (χ2n) is 5.81. The summed E-state index contributed by atoms with van der Waals surface area (Å²) >= 11 is 0. The third kappa shape index (κ3) is 3.50. The predicted octanol–water partition coefficient (Wildman–Crippen LogP) is 1.71. The molecule has 0 spiro atoms. The Kier molecular flexibility index (Phi) is 4.89. The van der Waals surface area contributed by atoms with Crippen molar-refractivity contribution < 1.29 is 24.2 Å². The first kappa shape index (κ1) is 18.1. The summed E-state index contributed by atoms with van der Waals surface area (Å²) in [5.41, 5.74) is -1.01. The Morgan fingerprint density at radius 3 is 2.44 bits per heavy atom. The highest BCUT2D eigenvalue weighted by atomic mass is 19.1. The Labute approximate surface area is 152 Å². The van der Waals surface area contributed by atoms with E-state index in [1.54, 1.807) is 30.3 Å². The molecule has 3 N–H and O–H groups in total. The van der Waals surface area contributed by atoms with Gasteiger partial charge < -0.3 is 20.1 Å². The molecule has 0 aliphatic carbocycles. The number of hydrogen-bond donors (Lipinski definition) is 3. The number of para-hydroxylation sites is 1. The number of amides is 1.